The van der Waals surface area contributed by atoms with Gasteiger partial charge >= 0.3 is 22.5 Å². The molecule has 0 spiro atoms. The van der Waals surface area contributed by atoms with Gasteiger partial charge in [0.2, 0.25) is 0 Å². The molecule has 9 rings (SSSR count). The fourth-order valence-corrected chi connectivity index (χ4v) is 9.63. The number of aryl methyl sites for hydroxylation is 1. The Hall–Kier alpha value is -5.15. The number of carbonyl (C=O) groups excluding carboxylic acids is 1. The Bertz CT molecular complexity index is 2620. The highest BCUT2D eigenvalue weighted by Crippen LogP contribution is 2.50. The first-order valence-corrected chi connectivity index (χ1v) is 21.5. The summed E-state index contributed by atoms with van der Waals surface area (Å²) >= 11 is 0. The molecule has 17 heteroatoms. The predicted molar refractivity (Wildman–Crippen MR) is 218 cm³/mol. The van der Waals surface area contributed by atoms with Crippen molar-refractivity contribution in [3.63, 3.8) is 0 Å². The number of ether oxygens (including phenoxy) is 2. The summed E-state index contributed by atoms with van der Waals surface area (Å²) in [6, 6.07) is 3.41. The molecule has 2 aromatic heterocycles. The second-order valence-corrected chi connectivity index (χ2v) is 19.0. The molecule has 2 saturated carbocycles. The van der Waals surface area contributed by atoms with Crippen LogP contribution in [0.4, 0.5) is 19.4 Å². The number of rotatable bonds is 10. The van der Waals surface area contributed by atoms with Gasteiger partial charge in [0.1, 0.15) is 28.4 Å². The molecule has 60 heavy (non-hydrogen) atoms. The number of hydrogen-bond donors (Lipinski definition) is 2. The number of hydrogen-bond acceptors (Lipinski definition) is 12. The molecule has 2 saturated heterocycles. The fourth-order valence-electron chi connectivity index (χ4n) is 9.20. The summed E-state index contributed by atoms with van der Waals surface area (Å²) in [4.78, 5) is 33.3. The van der Waals surface area contributed by atoms with Gasteiger partial charge < -0.3 is 23.7 Å². The summed E-state index contributed by atoms with van der Waals surface area (Å²) in [7, 11) is -5.18. The highest BCUT2D eigenvalue weighted by Gasteiger charge is 2.53. The normalized spacial score (nSPS) is 22.9. The average Bonchev–Trinajstić information content (AvgIpc) is 4.04. The van der Waals surface area contributed by atoms with Crippen LogP contribution in [0.2, 0.25) is 0 Å². The Morgan fingerprint density at radius 1 is 1.10 bits per heavy atom. The highest BCUT2D eigenvalue weighted by atomic mass is 32.3. The first kappa shape index (κ1) is 40.3. The monoisotopic (exact) mass is 844 g/mol. The number of carbonyl (C=O) groups is 1. The molecule has 14 nitrogen and oxygen atoms in total. The topological polar surface area (TPSA) is 168 Å². The second-order valence-electron chi connectivity index (χ2n) is 18.0. The van der Waals surface area contributed by atoms with Crippen LogP contribution in [-0.4, -0.2) is 111 Å². The molecule has 316 valence electrons. The minimum atomic E-state index is -5.18. The van der Waals surface area contributed by atoms with E-state index in [2.05, 4.69) is 32.9 Å². The lowest BCUT2D eigenvalue weighted by atomic mass is 9.93. The van der Waals surface area contributed by atoms with Crippen molar-refractivity contribution in [1.29, 1.82) is 0 Å². The molecule has 2 N–H and O–H groups in total. The third kappa shape index (κ3) is 7.37. The number of fused-ring (bicyclic) bond motifs is 4. The number of benzene rings is 2. The first-order valence-electron chi connectivity index (χ1n) is 20.1. The number of anilines is 1. The lowest BCUT2D eigenvalue weighted by Gasteiger charge is -2.42. The zero-order valence-electron chi connectivity index (χ0n) is 33.7. The number of halogens is 2. The van der Waals surface area contributed by atoms with Crippen molar-refractivity contribution >= 4 is 44.0 Å². The van der Waals surface area contributed by atoms with Crippen molar-refractivity contribution in [3.05, 3.63) is 59.3 Å². The lowest BCUT2D eigenvalue weighted by molar-refractivity contribution is 0.0122. The van der Waals surface area contributed by atoms with E-state index in [0.29, 0.717) is 37.4 Å². The Labute approximate surface area is 346 Å². The van der Waals surface area contributed by atoms with E-state index < -0.39 is 50.8 Å². The predicted octanol–water partition coefficient (Wildman–Crippen LogP) is 6.11. The molecule has 5 heterocycles. The summed E-state index contributed by atoms with van der Waals surface area (Å²) in [6.45, 7) is 9.24. The van der Waals surface area contributed by atoms with Crippen LogP contribution < -0.4 is 13.8 Å². The number of amides is 1. The lowest BCUT2D eigenvalue weighted by Crippen LogP contribution is -2.57. The van der Waals surface area contributed by atoms with E-state index in [4.69, 9.17) is 25.1 Å². The maximum Gasteiger partial charge on any atom is 0.446 e. The van der Waals surface area contributed by atoms with Crippen molar-refractivity contribution in [2.24, 2.45) is 5.41 Å². The van der Waals surface area contributed by atoms with Gasteiger partial charge in [0.05, 0.1) is 46.8 Å². The summed E-state index contributed by atoms with van der Waals surface area (Å²) in [6.07, 6.45) is 15.6. The Morgan fingerprint density at radius 3 is 2.45 bits per heavy atom. The van der Waals surface area contributed by atoms with Crippen molar-refractivity contribution in [3.8, 4) is 35.4 Å². The Morgan fingerprint density at radius 2 is 1.82 bits per heavy atom. The molecule has 4 aromatic rings. The van der Waals surface area contributed by atoms with Gasteiger partial charge in [0.15, 0.2) is 11.6 Å². The van der Waals surface area contributed by atoms with Crippen LogP contribution in [0.15, 0.2) is 36.5 Å². The SMILES string of the molecule is C#Cc1c(F)ccc2cc(C)c(OS(=O)(=O)O)c(-c3ncc4c(N5CC6CCC(C5)N6C(=O)OC(C)(C)C)nc(OCC5(CN6CC=C[C@@H]6C6(O)CC6)CC5)nc4c3F)c12. The van der Waals surface area contributed by atoms with Crippen LogP contribution in [-0.2, 0) is 15.1 Å². The van der Waals surface area contributed by atoms with E-state index >= 15 is 8.78 Å². The molecule has 0 radical (unpaired) electrons. The summed E-state index contributed by atoms with van der Waals surface area (Å²) in [5.74, 6) is 0.249. The largest absolute Gasteiger partial charge is 0.463 e. The zero-order chi connectivity index (χ0) is 42.5. The van der Waals surface area contributed by atoms with Crippen molar-refractivity contribution in [2.45, 2.75) is 95.5 Å². The fraction of sp³-hybridized carbons (Fsp3) is 0.488. The van der Waals surface area contributed by atoms with Gasteiger partial charge in [-0.1, -0.05) is 24.1 Å². The van der Waals surface area contributed by atoms with Crippen LogP contribution in [0.3, 0.4) is 0 Å². The molecular formula is C43H46F2N6O8S. The first-order chi connectivity index (χ1) is 28.4. The quantitative estimate of drug-likeness (QED) is 0.107. The zero-order valence-corrected chi connectivity index (χ0v) is 34.6. The van der Waals surface area contributed by atoms with Crippen LogP contribution >= 0.6 is 0 Å². The smallest absolute Gasteiger partial charge is 0.446 e. The number of nitrogens with zero attached hydrogens (tertiary/aromatic N) is 6. The van der Waals surface area contributed by atoms with Gasteiger partial charge in [0, 0.05) is 43.2 Å². The van der Waals surface area contributed by atoms with Crippen LogP contribution in [0.1, 0.15) is 70.4 Å². The maximum atomic E-state index is 17.6. The maximum absolute atomic E-state index is 17.6. The Kier molecular flexibility index (Phi) is 9.54. The number of pyridine rings is 1. The standard InChI is InChI=1S/C43H46F2N6O8S/c1-6-28-30(44)12-9-25-18-24(2)37(59-60(54,55)56)33(32(25)28)36-34(45)35-29(19-46-36)38(50-20-26-10-11-27(21-50)51(26)40(52)58-41(3,4)5)48-39(47-35)57-23-42(13-14-42)22-49-17-7-8-31(49)43(53)15-16-43/h1,7-9,12,18-19,26-27,31,53H,10-11,13-17,20-23H2,2-5H3,(H,54,55,56)/t26?,27?,31-/m1/s1. The van der Waals surface area contributed by atoms with Crippen LogP contribution in [0.5, 0.6) is 11.8 Å². The number of aliphatic hydroxyl groups is 1. The van der Waals surface area contributed by atoms with Gasteiger partial charge in [-0.2, -0.15) is 18.4 Å². The minimum Gasteiger partial charge on any atom is -0.463 e. The van der Waals surface area contributed by atoms with E-state index in [1.165, 1.54) is 25.3 Å². The van der Waals surface area contributed by atoms with Crippen molar-refractivity contribution < 1.29 is 45.3 Å². The van der Waals surface area contributed by atoms with Crippen molar-refractivity contribution in [1.82, 2.24) is 24.8 Å². The molecule has 2 unspecified atom stereocenters. The van der Waals surface area contributed by atoms with E-state index in [9.17, 15) is 22.9 Å². The van der Waals surface area contributed by atoms with Gasteiger partial charge in [-0.3, -0.25) is 19.3 Å². The molecule has 2 aliphatic carbocycles. The average molecular weight is 845 g/mol. The Balaban J connectivity index is 1.15. The second kappa shape index (κ2) is 14.2. The summed E-state index contributed by atoms with van der Waals surface area (Å²) in [5.41, 5.74) is -2.77. The summed E-state index contributed by atoms with van der Waals surface area (Å²) < 4.78 is 84.3. The number of terminal acetylenes is 1. The molecule has 2 bridgehead atoms. The third-order valence-corrected chi connectivity index (χ3v) is 12.7. The van der Waals surface area contributed by atoms with Gasteiger partial charge in [0.25, 0.3) is 0 Å². The van der Waals surface area contributed by atoms with E-state index in [0.717, 1.165) is 44.6 Å². The van der Waals surface area contributed by atoms with Crippen LogP contribution in [0.25, 0.3) is 32.9 Å². The number of aromatic nitrogens is 3. The van der Waals surface area contributed by atoms with Crippen LogP contribution in [0, 0.1) is 36.3 Å². The van der Waals surface area contributed by atoms with Gasteiger partial charge in [-0.05, 0) is 89.3 Å². The van der Waals surface area contributed by atoms with E-state index in [1.807, 2.05) is 25.7 Å². The molecule has 3 aliphatic heterocycles. The highest BCUT2D eigenvalue weighted by molar-refractivity contribution is 7.81. The summed E-state index contributed by atoms with van der Waals surface area (Å²) in [5, 5.41) is 11.4. The van der Waals surface area contributed by atoms with E-state index in [-0.39, 0.29) is 69.1 Å². The molecule has 2 aromatic carbocycles. The molecule has 4 fully saturated rings. The molecule has 5 aliphatic rings. The van der Waals surface area contributed by atoms with Crippen molar-refractivity contribution in [2.75, 3.05) is 37.7 Å². The third-order valence-electron chi connectivity index (χ3n) is 12.4. The van der Waals surface area contributed by atoms with Gasteiger partial charge in [-0.15, -0.1) is 6.42 Å². The van der Waals surface area contributed by atoms with Gasteiger partial charge in [-0.25, -0.2) is 13.6 Å². The van der Waals surface area contributed by atoms with E-state index in [1.54, 1.807) is 4.90 Å². The molecular weight excluding hydrogens is 799 g/mol. The molecule has 3 atom stereocenters. The number of piperazine rings is 1. The molecule has 1 amide bonds. The minimum absolute atomic E-state index is 0.0608.